The zero-order valence-electron chi connectivity index (χ0n) is 15.3. The fourth-order valence-corrected chi connectivity index (χ4v) is 4.25. The normalized spacial score (nSPS) is 17.3. The van der Waals surface area contributed by atoms with Crippen molar-refractivity contribution in [1.29, 1.82) is 0 Å². The van der Waals surface area contributed by atoms with Gasteiger partial charge in [-0.15, -0.1) is 0 Å². The van der Waals surface area contributed by atoms with Gasteiger partial charge in [0.15, 0.2) is 0 Å². The first-order valence-electron chi connectivity index (χ1n) is 9.59. The topological polar surface area (TPSA) is 23.6 Å². The summed E-state index contributed by atoms with van der Waals surface area (Å²) in [5, 5.41) is 2.23. The van der Waals surface area contributed by atoms with E-state index in [4.69, 9.17) is 0 Å². The summed E-state index contributed by atoms with van der Waals surface area (Å²) in [6, 6.07) is 22.9. The Balaban J connectivity index is 1.36. The second-order valence-corrected chi connectivity index (χ2v) is 7.36. The highest BCUT2D eigenvalue weighted by atomic mass is 16.1. The molecule has 0 aromatic heterocycles. The van der Waals surface area contributed by atoms with Crippen molar-refractivity contribution in [3.63, 3.8) is 0 Å². The average molecular weight is 354 g/mol. The van der Waals surface area contributed by atoms with Crippen molar-refractivity contribution in [2.24, 2.45) is 0 Å². The van der Waals surface area contributed by atoms with Crippen LogP contribution in [0.4, 0.5) is 0 Å². The number of hydrogen-bond acceptors (Lipinski definition) is 3. The highest BCUT2D eigenvalue weighted by Gasteiger charge is 2.28. The number of carbonyl (C=O) groups excluding carboxylic acids is 1. The molecule has 1 fully saturated rings. The van der Waals surface area contributed by atoms with Crippen LogP contribution in [0, 0.1) is 0 Å². The van der Waals surface area contributed by atoms with E-state index in [1.807, 2.05) is 12.1 Å². The molecule has 1 aliphatic heterocycles. The zero-order valence-corrected chi connectivity index (χ0v) is 15.3. The van der Waals surface area contributed by atoms with E-state index in [0.29, 0.717) is 0 Å². The molecule has 0 N–H and O–H groups in total. The summed E-state index contributed by atoms with van der Waals surface area (Å²) >= 11 is 0. The number of benzene rings is 3. The maximum absolute atomic E-state index is 13.2. The van der Waals surface area contributed by atoms with Crippen LogP contribution in [0.3, 0.4) is 0 Å². The SMILES string of the molecule is O=C1C(N2CCN(Cc3ccccc3)CC2)=Cc2cccc3cccc1c23. The van der Waals surface area contributed by atoms with Crippen molar-refractivity contribution >= 4 is 22.6 Å². The summed E-state index contributed by atoms with van der Waals surface area (Å²) in [6.45, 7) is 4.71. The van der Waals surface area contributed by atoms with Crippen molar-refractivity contribution in [1.82, 2.24) is 9.80 Å². The molecular weight excluding hydrogens is 332 g/mol. The summed E-state index contributed by atoms with van der Waals surface area (Å²) in [6.07, 6.45) is 2.09. The van der Waals surface area contributed by atoms with Gasteiger partial charge in [-0.3, -0.25) is 9.69 Å². The van der Waals surface area contributed by atoms with Crippen LogP contribution in [-0.4, -0.2) is 41.8 Å². The maximum Gasteiger partial charge on any atom is 0.209 e. The van der Waals surface area contributed by atoms with E-state index in [2.05, 4.69) is 70.5 Å². The first-order chi connectivity index (χ1) is 13.3. The second kappa shape index (κ2) is 6.67. The Hall–Kier alpha value is -2.91. The molecule has 3 aromatic rings. The standard InChI is InChI=1S/C24H22N2O/c27-24-21-11-5-9-19-8-4-10-20(23(19)21)16-22(24)26-14-12-25(13-15-26)17-18-6-2-1-3-7-18/h1-11,16H,12-15,17H2. The molecule has 5 rings (SSSR count). The molecule has 2 aliphatic rings. The number of hydrogen-bond donors (Lipinski definition) is 0. The molecule has 3 heteroatoms. The summed E-state index contributed by atoms with van der Waals surface area (Å²) < 4.78 is 0. The van der Waals surface area contributed by atoms with Gasteiger partial charge in [-0.25, -0.2) is 0 Å². The number of carbonyl (C=O) groups is 1. The third-order valence-corrected chi connectivity index (χ3v) is 5.67. The van der Waals surface area contributed by atoms with Gasteiger partial charge in [0.2, 0.25) is 5.78 Å². The van der Waals surface area contributed by atoms with E-state index < -0.39 is 0 Å². The lowest BCUT2D eigenvalue weighted by molar-refractivity contribution is 0.0949. The Kier molecular flexibility index (Phi) is 4.02. The molecule has 1 aliphatic carbocycles. The Bertz CT molecular complexity index is 1030. The molecule has 1 heterocycles. The second-order valence-electron chi connectivity index (χ2n) is 7.36. The van der Waals surface area contributed by atoms with Gasteiger partial charge in [0.25, 0.3) is 0 Å². The molecular formula is C24H22N2O. The number of nitrogens with zero attached hydrogens (tertiary/aromatic N) is 2. The summed E-state index contributed by atoms with van der Waals surface area (Å²) in [7, 11) is 0. The van der Waals surface area contributed by atoms with Crippen LogP contribution in [0.2, 0.25) is 0 Å². The minimum atomic E-state index is 0.163. The molecule has 0 spiro atoms. The van der Waals surface area contributed by atoms with E-state index in [1.54, 1.807) is 0 Å². The van der Waals surface area contributed by atoms with Crippen molar-refractivity contribution in [2.45, 2.75) is 6.54 Å². The first-order valence-corrected chi connectivity index (χ1v) is 9.59. The molecule has 134 valence electrons. The van der Waals surface area contributed by atoms with Crippen molar-refractivity contribution in [3.05, 3.63) is 89.1 Å². The summed E-state index contributed by atoms with van der Waals surface area (Å²) in [4.78, 5) is 17.9. The first kappa shape index (κ1) is 16.3. The van der Waals surface area contributed by atoms with Crippen molar-refractivity contribution < 1.29 is 4.79 Å². The minimum absolute atomic E-state index is 0.163. The van der Waals surface area contributed by atoms with Crippen molar-refractivity contribution in [3.8, 4) is 0 Å². The minimum Gasteiger partial charge on any atom is -0.366 e. The molecule has 0 radical (unpaired) electrons. The van der Waals surface area contributed by atoms with E-state index in [1.165, 1.54) is 5.56 Å². The fraction of sp³-hybridized carbons (Fsp3) is 0.208. The maximum atomic E-state index is 13.2. The van der Waals surface area contributed by atoms with Gasteiger partial charge in [0, 0.05) is 43.7 Å². The number of allylic oxidation sites excluding steroid dienone is 1. The molecule has 0 bridgehead atoms. The number of rotatable bonds is 3. The lowest BCUT2D eigenvalue weighted by Gasteiger charge is -2.37. The largest absolute Gasteiger partial charge is 0.366 e. The van der Waals surface area contributed by atoms with Crippen LogP contribution < -0.4 is 0 Å². The van der Waals surface area contributed by atoms with Crippen LogP contribution in [0.15, 0.2) is 72.4 Å². The Morgan fingerprint density at radius 1 is 0.778 bits per heavy atom. The van der Waals surface area contributed by atoms with Gasteiger partial charge >= 0.3 is 0 Å². The predicted molar refractivity (Wildman–Crippen MR) is 110 cm³/mol. The smallest absolute Gasteiger partial charge is 0.209 e. The predicted octanol–water partition coefficient (Wildman–Crippen LogP) is 4.19. The highest BCUT2D eigenvalue weighted by molar-refractivity contribution is 6.22. The summed E-state index contributed by atoms with van der Waals surface area (Å²) in [5.74, 6) is 0.163. The zero-order chi connectivity index (χ0) is 18.2. The fourth-order valence-electron chi connectivity index (χ4n) is 4.25. The van der Waals surface area contributed by atoms with Gasteiger partial charge in [-0.1, -0.05) is 66.7 Å². The molecule has 3 aromatic carbocycles. The molecule has 0 atom stereocenters. The van der Waals surface area contributed by atoms with Gasteiger partial charge in [-0.2, -0.15) is 0 Å². The number of piperazine rings is 1. The van der Waals surface area contributed by atoms with Crippen LogP contribution in [0.25, 0.3) is 16.8 Å². The monoisotopic (exact) mass is 354 g/mol. The van der Waals surface area contributed by atoms with Crippen molar-refractivity contribution in [2.75, 3.05) is 26.2 Å². The van der Waals surface area contributed by atoms with Gasteiger partial charge in [0.1, 0.15) is 0 Å². The third-order valence-electron chi connectivity index (χ3n) is 5.67. The molecule has 0 unspecified atom stereocenters. The van der Waals surface area contributed by atoms with Crippen LogP contribution in [-0.2, 0) is 6.54 Å². The molecule has 0 amide bonds. The highest BCUT2D eigenvalue weighted by Crippen LogP contribution is 2.32. The number of Topliss-reactive ketones (excluding diaryl/α,β-unsaturated/α-hetero) is 1. The lowest BCUT2D eigenvalue weighted by atomic mass is 9.90. The van der Waals surface area contributed by atoms with Crippen LogP contribution in [0.5, 0.6) is 0 Å². The van der Waals surface area contributed by atoms with Crippen LogP contribution in [0.1, 0.15) is 21.5 Å². The summed E-state index contributed by atoms with van der Waals surface area (Å²) in [5.41, 5.74) is 4.19. The van der Waals surface area contributed by atoms with E-state index >= 15 is 0 Å². The van der Waals surface area contributed by atoms with Gasteiger partial charge in [-0.05, 0) is 22.6 Å². The van der Waals surface area contributed by atoms with E-state index in [-0.39, 0.29) is 5.78 Å². The lowest BCUT2D eigenvalue weighted by Crippen LogP contribution is -2.46. The quantitative estimate of drug-likeness (QED) is 0.704. The Morgan fingerprint density at radius 2 is 1.52 bits per heavy atom. The third kappa shape index (κ3) is 2.94. The Morgan fingerprint density at radius 3 is 2.30 bits per heavy atom. The van der Waals surface area contributed by atoms with E-state index in [9.17, 15) is 4.79 Å². The molecule has 27 heavy (non-hydrogen) atoms. The number of ketones is 1. The van der Waals surface area contributed by atoms with Crippen LogP contribution >= 0.6 is 0 Å². The molecule has 0 saturated carbocycles. The Labute approximate surface area is 159 Å². The van der Waals surface area contributed by atoms with E-state index in [0.717, 1.165) is 60.3 Å². The molecule has 1 saturated heterocycles. The van der Waals surface area contributed by atoms with Gasteiger partial charge in [0.05, 0.1) is 5.70 Å². The average Bonchev–Trinajstić information content (AvgIpc) is 2.72. The van der Waals surface area contributed by atoms with Gasteiger partial charge < -0.3 is 4.90 Å². The molecule has 3 nitrogen and oxygen atoms in total.